The first-order chi connectivity index (χ1) is 12.2. The number of ether oxygens (including phenoxy) is 2. The van der Waals surface area contributed by atoms with Gasteiger partial charge in [-0.15, -0.1) is 0 Å². The summed E-state index contributed by atoms with van der Waals surface area (Å²) in [4.78, 5) is 25.9. The number of nitrogens with zero attached hydrogens (tertiary/aromatic N) is 1. The van der Waals surface area contributed by atoms with Gasteiger partial charge in [-0.05, 0) is 53.9 Å². The van der Waals surface area contributed by atoms with Crippen molar-refractivity contribution in [3.8, 4) is 0 Å². The molecule has 0 N–H and O–H groups in total. The van der Waals surface area contributed by atoms with Crippen LogP contribution in [0.1, 0.15) is 54.9 Å². The third-order valence-electron chi connectivity index (χ3n) is 4.64. The van der Waals surface area contributed by atoms with Crippen LogP contribution in [-0.2, 0) is 23.6 Å². The van der Waals surface area contributed by atoms with Crippen molar-refractivity contribution in [1.29, 1.82) is 0 Å². The van der Waals surface area contributed by atoms with Crippen LogP contribution in [0.25, 0.3) is 0 Å². The number of hydrogen-bond acceptors (Lipinski definition) is 6. The van der Waals surface area contributed by atoms with Gasteiger partial charge >= 0.3 is 11.9 Å². The molecule has 0 aromatic heterocycles. The molecule has 1 saturated heterocycles. The van der Waals surface area contributed by atoms with Gasteiger partial charge in [-0.25, -0.2) is 0 Å². The summed E-state index contributed by atoms with van der Waals surface area (Å²) in [6.07, 6.45) is 3.04. The maximum absolute atomic E-state index is 13.1. The summed E-state index contributed by atoms with van der Waals surface area (Å²) in [6.45, 7) is 14.5. The molecule has 0 saturated carbocycles. The molecule has 6 nitrogen and oxygen atoms in total. The van der Waals surface area contributed by atoms with Crippen LogP contribution in [0.3, 0.4) is 0 Å². The van der Waals surface area contributed by atoms with E-state index >= 15 is 0 Å². The van der Waals surface area contributed by atoms with E-state index in [1.807, 2.05) is 46.4 Å². The first-order valence-electron chi connectivity index (χ1n) is 9.87. The molecular formula is C20H38NO5P. The highest BCUT2D eigenvalue weighted by Gasteiger charge is 2.33. The minimum Gasteiger partial charge on any atom is -0.464 e. The molecule has 0 bridgehead atoms. The van der Waals surface area contributed by atoms with Crippen LogP contribution in [0.5, 0.6) is 0 Å². The van der Waals surface area contributed by atoms with E-state index in [4.69, 9.17) is 9.47 Å². The van der Waals surface area contributed by atoms with Crippen molar-refractivity contribution >= 4 is 19.1 Å². The fourth-order valence-corrected chi connectivity index (χ4v) is 6.60. The third-order valence-corrected chi connectivity index (χ3v) is 7.92. The molecule has 27 heavy (non-hydrogen) atoms. The molecule has 0 spiro atoms. The molecule has 7 heteroatoms. The van der Waals surface area contributed by atoms with E-state index < -0.39 is 18.0 Å². The van der Waals surface area contributed by atoms with Gasteiger partial charge in [0.2, 0.25) is 0 Å². The minimum absolute atomic E-state index is 0.247. The Bertz CT molecular complexity index is 530. The summed E-state index contributed by atoms with van der Waals surface area (Å²) in [6, 6.07) is 0. The molecule has 0 aromatic carbocycles. The maximum Gasteiger partial charge on any atom is 0.311 e. The van der Waals surface area contributed by atoms with Gasteiger partial charge in [0, 0.05) is 25.4 Å². The second kappa shape index (κ2) is 9.56. The van der Waals surface area contributed by atoms with E-state index in [0.29, 0.717) is 25.3 Å². The van der Waals surface area contributed by atoms with Gasteiger partial charge in [-0.1, -0.05) is 6.92 Å². The molecule has 2 atom stereocenters. The Kier molecular flexibility index (Phi) is 8.55. The highest BCUT2D eigenvalue weighted by molar-refractivity contribution is 7.64. The molecule has 2 unspecified atom stereocenters. The summed E-state index contributed by atoms with van der Waals surface area (Å²) in [5.74, 6) is 0.000540. The van der Waals surface area contributed by atoms with Gasteiger partial charge in [0.25, 0.3) is 0 Å². The van der Waals surface area contributed by atoms with Crippen LogP contribution in [-0.4, -0.2) is 61.8 Å². The highest BCUT2D eigenvalue weighted by atomic mass is 31.2. The van der Waals surface area contributed by atoms with Gasteiger partial charge in [0.1, 0.15) is 20.4 Å². The van der Waals surface area contributed by atoms with Crippen LogP contribution >= 0.6 is 7.14 Å². The summed E-state index contributed by atoms with van der Waals surface area (Å²) in [7, 11) is -2.23. The Hall–Kier alpha value is -0.870. The summed E-state index contributed by atoms with van der Waals surface area (Å²) < 4.78 is 23.8. The molecule has 0 aromatic rings. The maximum atomic E-state index is 13.1. The SMILES string of the molecule is CC1CCP(=O)(CN(CCOC(=O)C(C)(C)C)CCOC(=O)C(C)(C)C)C1. The van der Waals surface area contributed by atoms with Crippen molar-refractivity contribution in [1.82, 2.24) is 4.90 Å². The van der Waals surface area contributed by atoms with E-state index in [1.54, 1.807) is 0 Å². The minimum atomic E-state index is -2.23. The first kappa shape index (κ1) is 24.2. The quantitative estimate of drug-likeness (QED) is 0.453. The molecular weight excluding hydrogens is 365 g/mol. The molecule has 1 fully saturated rings. The van der Waals surface area contributed by atoms with Crippen molar-refractivity contribution in [2.45, 2.75) is 54.9 Å². The van der Waals surface area contributed by atoms with Crippen LogP contribution < -0.4 is 0 Å². The second-order valence-corrected chi connectivity index (χ2v) is 13.1. The van der Waals surface area contributed by atoms with Crippen molar-refractivity contribution in [2.24, 2.45) is 16.7 Å². The zero-order chi connectivity index (χ0) is 20.9. The van der Waals surface area contributed by atoms with Crippen LogP contribution in [0, 0.1) is 16.7 Å². The number of hydrogen-bond donors (Lipinski definition) is 0. The molecule has 158 valence electrons. The van der Waals surface area contributed by atoms with E-state index in [2.05, 4.69) is 6.92 Å². The Morgan fingerprint density at radius 1 is 0.963 bits per heavy atom. The topological polar surface area (TPSA) is 72.9 Å². The summed E-state index contributed by atoms with van der Waals surface area (Å²) >= 11 is 0. The number of esters is 2. The molecule has 0 radical (unpaired) electrons. The fraction of sp³-hybridized carbons (Fsp3) is 0.900. The van der Waals surface area contributed by atoms with Crippen molar-refractivity contribution in [3.05, 3.63) is 0 Å². The lowest BCUT2D eigenvalue weighted by Crippen LogP contribution is -2.35. The van der Waals surface area contributed by atoms with Crippen molar-refractivity contribution in [3.63, 3.8) is 0 Å². The first-order valence-corrected chi connectivity index (χ1v) is 12.1. The van der Waals surface area contributed by atoms with Gasteiger partial charge in [-0.2, -0.15) is 0 Å². The number of carbonyl (C=O) groups excluding carboxylic acids is 2. The van der Waals surface area contributed by atoms with E-state index in [-0.39, 0.29) is 25.2 Å². The van der Waals surface area contributed by atoms with Crippen LogP contribution in [0.2, 0.25) is 0 Å². The number of rotatable bonds is 8. The summed E-state index contributed by atoms with van der Waals surface area (Å²) in [5.41, 5.74) is -1.08. The smallest absolute Gasteiger partial charge is 0.311 e. The standard InChI is InChI=1S/C20H38NO5P/c1-16-8-13-27(24,14-16)15-21(9-11-25-17(22)19(2,3)4)10-12-26-18(23)20(5,6)7/h16H,8-15H2,1-7H3. The lowest BCUT2D eigenvalue weighted by Gasteiger charge is -2.27. The Labute approximate surface area is 164 Å². The monoisotopic (exact) mass is 403 g/mol. The molecule has 1 aliphatic heterocycles. The fourth-order valence-electron chi connectivity index (χ4n) is 2.92. The third kappa shape index (κ3) is 8.78. The van der Waals surface area contributed by atoms with E-state index in [1.165, 1.54) is 0 Å². The van der Waals surface area contributed by atoms with Gasteiger partial charge in [-0.3, -0.25) is 14.5 Å². The van der Waals surface area contributed by atoms with Crippen molar-refractivity contribution in [2.75, 3.05) is 44.9 Å². The van der Waals surface area contributed by atoms with Gasteiger partial charge < -0.3 is 14.0 Å². The van der Waals surface area contributed by atoms with Crippen LogP contribution in [0.15, 0.2) is 0 Å². The van der Waals surface area contributed by atoms with Gasteiger partial charge in [0.05, 0.1) is 17.1 Å². The molecule has 0 aliphatic carbocycles. The average Bonchev–Trinajstić information content (AvgIpc) is 2.83. The number of carbonyl (C=O) groups is 2. The lowest BCUT2D eigenvalue weighted by atomic mass is 9.97. The molecule has 1 aliphatic rings. The van der Waals surface area contributed by atoms with E-state index in [0.717, 1.165) is 18.7 Å². The predicted molar refractivity (Wildman–Crippen MR) is 108 cm³/mol. The van der Waals surface area contributed by atoms with Crippen LogP contribution in [0.4, 0.5) is 0 Å². The zero-order valence-corrected chi connectivity index (χ0v) is 19.1. The molecule has 1 heterocycles. The van der Waals surface area contributed by atoms with Crippen molar-refractivity contribution < 1.29 is 23.6 Å². The highest BCUT2D eigenvalue weighted by Crippen LogP contribution is 2.54. The predicted octanol–water partition coefficient (Wildman–Crippen LogP) is 3.83. The molecule has 0 amide bonds. The lowest BCUT2D eigenvalue weighted by molar-refractivity contribution is -0.153. The Morgan fingerprint density at radius 2 is 1.41 bits per heavy atom. The van der Waals surface area contributed by atoms with E-state index in [9.17, 15) is 14.2 Å². The largest absolute Gasteiger partial charge is 0.464 e. The normalized spacial score (nSPS) is 23.5. The Morgan fingerprint density at radius 3 is 1.74 bits per heavy atom. The average molecular weight is 404 g/mol. The Balaban J connectivity index is 2.59. The molecule has 1 rings (SSSR count). The van der Waals surface area contributed by atoms with Gasteiger partial charge in [0.15, 0.2) is 0 Å². The second-order valence-electron chi connectivity index (χ2n) is 9.89. The zero-order valence-electron chi connectivity index (χ0n) is 18.2. The summed E-state index contributed by atoms with van der Waals surface area (Å²) in [5, 5.41) is 0.